The number of benzene rings is 1. The lowest BCUT2D eigenvalue weighted by atomic mass is 9.79. The Balaban J connectivity index is 0.00000288. The fourth-order valence-electron chi connectivity index (χ4n) is 2.71. The number of nitrogens with two attached hydrogens (primary N) is 1. The van der Waals surface area contributed by atoms with Gasteiger partial charge in [0.2, 0.25) is 5.91 Å². The van der Waals surface area contributed by atoms with Crippen molar-refractivity contribution in [2.45, 2.75) is 19.8 Å². The quantitative estimate of drug-likeness (QED) is 0.664. The molecular formula is C17H26ClN3O3. The highest BCUT2D eigenvalue weighted by Gasteiger charge is 2.38. The van der Waals surface area contributed by atoms with E-state index in [-0.39, 0.29) is 24.2 Å². The van der Waals surface area contributed by atoms with E-state index in [1.165, 1.54) is 0 Å². The Morgan fingerprint density at radius 3 is 2.50 bits per heavy atom. The lowest BCUT2D eigenvalue weighted by Crippen LogP contribution is -2.50. The first-order valence-electron chi connectivity index (χ1n) is 7.98. The molecule has 1 aromatic rings. The third-order valence-electron chi connectivity index (χ3n) is 4.30. The second kappa shape index (κ2) is 9.61. The molecule has 1 aliphatic rings. The van der Waals surface area contributed by atoms with E-state index >= 15 is 0 Å². The summed E-state index contributed by atoms with van der Waals surface area (Å²) in [6.45, 7) is 4.16. The zero-order valence-corrected chi connectivity index (χ0v) is 14.8. The van der Waals surface area contributed by atoms with Crippen molar-refractivity contribution in [1.29, 1.82) is 0 Å². The predicted octanol–water partition coefficient (Wildman–Crippen LogP) is 1.02. The standard InChI is InChI=1S/C17H25N3O3.ClH/c1-13-3-2-4-14(11-13)15(21)19-7-8-20-16(22)17(12-18)5-9-23-10-6-17;/h2-4,11H,5-10,12,18H2,1H3,(H,19,21)(H,20,22);1H. The zero-order valence-electron chi connectivity index (χ0n) is 14.0. The lowest BCUT2D eigenvalue weighted by molar-refractivity contribution is -0.135. The topological polar surface area (TPSA) is 93.5 Å². The van der Waals surface area contributed by atoms with Crippen LogP contribution in [0.1, 0.15) is 28.8 Å². The molecule has 1 heterocycles. The molecule has 134 valence electrons. The molecule has 0 atom stereocenters. The van der Waals surface area contributed by atoms with Gasteiger partial charge in [0.05, 0.1) is 5.41 Å². The molecule has 0 unspecified atom stereocenters. The van der Waals surface area contributed by atoms with Crippen molar-refractivity contribution in [1.82, 2.24) is 10.6 Å². The van der Waals surface area contributed by atoms with Crippen molar-refractivity contribution in [3.05, 3.63) is 35.4 Å². The molecule has 0 radical (unpaired) electrons. The molecule has 1 aromatic carbocycles. The van der Waals surface area contributed by atoms with Gasteiger partial charge in [0.25, 0.3) is 5.91 Å². The summed E-state index contributed by atoms with van der Waals surface area (Å²) in [7, 11) is 0. The second-order valence-electron chi connectivity index (χ2n) is 5.98. The van der Waals surface area contributed by atoms with E-state index in [1.54, 1.807) is 6.07 Å². The van der Waals surface area contributed by atoms with Gasteiger partial charge in [-0.15, -0.1) is 12.4 Å². The van der Waals surface area contributed by atoms with E-state index in [4.69, 9.17) is 10.5 Å². The van der Waals surface area contributed by atoms with Crippen LogP contribution in [0.2, 0.25) is 0 Å². The van der Waals surface area contributed by atoms with Crippen molar-refractivity contribution in [3.8, 4) is 0 Å². The fraction of sp³-hybridized carbons (Fsp3) is 0.529. The number of hydrogen-bond donors (Lipinski definition) is 3. The van der Waals surface area contributed by atoms with Crippen LogP contribution in [0, 0.1) is 12.3 Å². The average Bonchev–Trinajstić information content (AvgIpc) is 2.58. The van der Waals surface area contributed by atoms with Crippen LogP contribution in [0.25, 0.3) is 0 Å². The highest BCUT2D eigenvalue weighted by Crippen LogP contribution is 2.29. The summed E-state index contributed by atoms with van der Waals surface area (Å²) in [4.78, 5) is 24.4. The molecule has 2 amide bonds. The first-order valence-corrected chi connectivity index (χ1v) is 7.98. The zero-order chi connectivity index (χ0) is 16.7. The van der Waals surface area contributed by atoms with Crippen LogP contribution < -0.4 is 16.4 Å². The van der Waals surface area contributed by atoms with Gasteiger partial charge in [0.1, 0.15) is 0 Å². The SMILES string of the molecule is Cc1cccc(C(=O)NCCNC(=O)C2(CN)CCOCC2)c1.Cl. The van der Waals surface area contributed by atoms with Gasteiger partial charge < -0.3 is 21.1 Å². The Bertz CT molecular complexity index is 560. The van der Waals surface area contributed by atoms with Crippen molar-refractivity contribution in [2.75, 3.05) is 32.8 Å². The van der Waals surface area contributed by atoms with Crippen LogP contribution in [0.5, 0.6) is 0 Å². The van der Waals surface area contributed by atoms with E-state index in [0.29, 0.717) is 51.3 Å². The summed E-state index contributed by atoms with van der Waals surface area (Å²) in [6.07, 6.45) is 1.29. The number of rotatable bonds is 6. The molecule has 1 fully saturated rings. The third-order valence-corrected chi connectivity index (χ3v) is 4.30. The molecule has 0 bridgehead atoms. The summed E-state index contributed by atoms with van der Waals surface area (Å²) >= 11 is 0. The maximum absolute atomic E-state index is 12.4. The molecule has 24 heavy (non-hydrogen) atoms. The van der Waals surface area contributed by atoms with Crippen LogP contribution in [-0.4, -0.2) is 44.7 Å². The smallest absolute Gasteiger partial charge is 0.251 e. The minimum absolute atomic E-state index is 0. The summed E-state index contributed by atoms with van der Waals surface area (Å²) in [5.74, 6) is -0.185. The van der Waals surface area contributed by atoms with Crippen molar-refractivity contribution in [2.24, 2.45) is 11.1 Å². The lowest BCUT2D eigenvalue weighted by Gasteiger charge is -2.34. The molecular weight excluding hydrogens is 330 g/mol. The minimum atomic E-state index is -0.529. The fourth-order valence-corrected chi connectivity index (χ4v) is 2.71. The highest BCUT2D eigenvalue weighted by molar-refractivity contribution is 5.94. The maximum atomic E-state index is 12.4. The predicted molar refractivity (Wildman–Crippen MR) is 95.3 cm³/mol. The Labute approximate surface area is 148 Å². The van der Waals surface area contributed by atoms with Crippen LogP contribution in [-0.2, 0) is 9.53 Å². The number of carbonyl (C=O) groups is 2. The van der Waals surface area contributed by atoms with Gasteiger partial charge in [-0.3, -0.25) is 9.59 Å². The Hall–Kier alpha value is -1.63. The highest BCUT2D eigenvalue weighted by atomic mass is 35.5. The molecule has 1 aliphatic heterocycles. The van der Waals surface area contributed by atoms with Gasteiger partial charge in [0.15, 0.2) is 0 Å². The minimum Gasteiger partial charge on any atom is -0.381 e. The molecule has 1 saturated heterocycles. The molecule has 2 rings (SSSR count). The van der Waals surface area contributed by atoms with Crippen LogP contribution in [0.15, 0.2) is 24.3 Å². The molecule has 6 nitrogen and oxygen atoms in total. The average molecular weight is 356 g/mol. The summed E-state index contributed by atoms with van der Waals surface area (Å²) < 4.78 is 5.30. The molecule has 0 spiro atoms. The molecule has 0 aliphatic carbocycles. The first-order chi connectivity index (χ1) is 11.1. The number of carbonyl (C=O) groups excluding carboxylic acids is 2. The van der Waals surface area contributed by atoms with Crippen LogP contribution in [0.3, 0.4) is 0 Å². The largest absolute Gasteiger partial charge is 0.381 e. The van der Waals surface area contributed by atoms with E-state index in [0.717, 1.165) is 5.56 Å². The van der Waals surface area contributed by atoms with Gasteiger partial charge in [0, 0.05) is 38.4 Å². The first kappa shape index (κ1) is 20.4. The van der Waals surface area contributed by atoms with Crippen molar-refractivity contribution < 1.29 is 14.3 Å². The van der Waals surface area contributed by atoms with E-state index in [2.05, 4.69) is 10.6 Å². The summed E-state index contributed by atoms with van der Waals surface area (Å²) in [6, 6.07) is 7.39. The number of amides is 2. The van der Waals surface area contributed by atoms with E-state index < -0.39 is 5.41 Å². The molecule has 7 heteroatoms. The second-order valence-corrected chi connectivity index (χ2v) is 5.98. The number of nitrogens with one attached hydrogen (secondary N) is 2. The summed E-state index contributed by atoms with van der Waals surface area (Å²) in [5, 5.41) is 5.68. The summed E-state index contributed by atoms with van der Waals surface area (Å²) in [5.41, 5.74) is 6.93. The van der Waals surface area contributed by atoms with Gasteiger partial charge >= 0.3 is 0 Å². The molecule has 0 aromatic heterocycles. The van der Waals surface area contributed by atoms with Crippen LogP contribution >= 0.6 is 12.4 Å². The van der Waals surface area contributed by atoms with Gasteiger partial charge in [-0.2, -0.15) is 0 Å². The number of aryl methyl sites for hydroxylation is 1. The normalized spacial score (nSPS) is 15.9. The van der Waals surface area contributed by atoms with E-state index in [1.807, 2.05) is 25.1 Å². The van der Waals surface area contributed by atoms with Crippen LogP contribution in [0.4, 0.5) is 0 Å². The molecule has 0 saturated carbocycles. The number of halogens is 1. The monoisotopic (exact) mass is 355 g/mol. The van der Waals surface area contributed by atoms with Gasteiger partial charge in [-0.05, 0) is 31.9 Å². The Morgan fingerprint density at radius 1 is 1.21 bits per heavy atom. The number of ether oxygens (including phenoxy) is 1. The molecule has 4 N–H and O–H groups in total. The van der Waals surface area contributed by atoms with Gasteiger partial charge in [-0.1, -0.05) is 17.7 Å². The maximum Gasteiger partial charge on any atom is 0.251 e. The van der Waals surface area contributed by atoms with Gasteiger partial charge in [-0.25, -0.2) is 0 Å². The van der Waals surface area contributed by atoms with Crippen molar-refractivity contribution >= 4 is 24.2 Å². The Kier molecular flexibility index (Phi) is 8.18. The number of hydrogen-bond acceptors (Lipinski definition) is 4. The van der Waals surface area contributed by atoms with Crippen molar-refractivity contribution in [3.63, 3.8) is 0 Å². The van der Waals surface area contributed by atoms with E-state index in [9.17, 15) is 9.59 Å². The Morgan fingerprint density at radius 2 is 1.88 bits per heavy atom. The third kappa shape index (κ3) is 5.19.